The maximum absolute atomic E-state index is 11.5. The van der Waals surface area contributed by atoms with E-state index >= 15 is 0 Å². The SMILES string of the molecule is CC(Cl)C(=O)N1CC(c2cc(CO)on2)C1. The van der Waals surface area contributed by atoms with Gasteiger partial charge in [0.1, 0.15) is 12.0 Å². The summed E-state index contributed by atoms with van der Waals surface area (Å²) in [7, 11) is 0. The first-order valence-corrected chi connectivity index (χ1v) is 5.54. The van der Waals surface area contributed by atoms with Gasteiger partial charge in [-0.3, -0.25) is 4.79 Å². The zero-order valence-electron chi connectivity index (χ0n) is 8.89. The van der Waals surface area contributed by atoms with E-state index in [1.165, 1.54) is 0 Å². The first-order valence-electron chi connectivity index (χ1n) is 5.11. The van der Waals surface area contributed by atoms with Gasteiger partial charge in [-0.25, -0.2) is 0 Å². The second-order valence-electron chi connectivity index (χ2n) is 3.93. The van der Waals surface area contributed by atoms with Crippen LogP contribution in [0.5, 0.6) is 0 Å². The molecule has 2 rings (SSSR count). The van der Waals surface area contributed by atoms with E-state index in [1.54, 1.807) is 17.9 Å². The molecule has 1 saturated heterocycles. The summed E-state index contributed by atoms with van der Waals surface area (Å²) >= 11 is 5.70. The lowest BCUT2D eigenvalue weighted by molar-refractivity contribution is -0.134. The molecule has 1 aliphatic heterocycles. The van der Waals surface area contributed by atoms with E-state index in [4.69, 9.17) is 21.2 Å². The summed E-state index contributed by atoms with van der Waals surface area (Å²) in [6.07, 6.45) is 0. The third-order valence-corrected chi connectivity index (χ3v) is 2.87. The van der Waals surface area contributed by atoms with Crippen LogP contribution in [0.15, 0.2) is 10.6 Å². The van der Waals surface area contributed by atoms with Gasteiger partial charge in [0, 0.05) is 25.1 Å². The molecule has 2 heterocycles. The Morgan fingerprint density at radius 1 is 1.81 bits per heavy atom. The van der Waals surface area contributed by atoms with Crippen molar-refractivity contribution in [2.24, 2.45) is 0 Å². The van der Waals surface area contributed by atoms with Crippen LogP contribution in [0.4, 0.5) is 0 Å². The van der Waals surface area contributed by atoms with Crippen LogP contribution in [-0.4, -0.2) is 39.5 Å². The van der Waals surface area contributed by atoms with Crippen LogP contribution in [0.2, 0.25) is 0 Å². The van der Waals surface area contributed by atoms with Crippen molar-refractivity contribution in [1.82, 2.24) is 10.1 Å². The highest BCUT2D eigenvalue weighted by Gasteiger charge is 2.35. The lowest BCUT2D eigenvalue weighted by atomic mass is 9.96. The molecule has 1 aromatic rings. The van der Waals surface area contributed by atoms with Crippen LogP contribution in [0, 0.1) is 0 Å². The molecule has 0 radical (unpaired) electrons. The van der Waals surface area contributed by atoms with E-state index in [-0.39, 0.29) is 18.4 Å². The number of likely N-dealkylation sites (tertiary alicyclic amines) is 1. The molecule has 0 saturated carbocycles. The van der Waals surface area contributed by atoms with Crippen LogP contribution in [0.1, 0.15) is 24.3 Å². The van der Waals surface area contributed by atoms with Crippen molar-refractivity contribution in [3.05, 3.63) is 17.5 Å². The Morgan fingerprint density at radius 3 is 3.00 bits per heavy atom. The minimum absolute atomic E-state index is 0.0520. The molecule has 0 bridgehead atoms. The number of hydrogen-bond donors (Lipinski definition) is 1. The van der Waals surface area contributed by atoms with Gasteiger partial charge in [-0.2, -0.15) is 0 Å². The van der Waals surface area contributed by atoms with E-state index in [9.17, 15) is 4.79 Å². The Morgan fingerprint density at radius 2 is 2.50 bits per heavy atom. The maximum atomic E-state index is 11.5. The normalized spacial score (nSPS) is 18.3. The van der Waals surface area contributed by atoms with E-state index in [0.717, 1.165) is 5.69 Å². The molecular formula is C10H13ClN2O3. The molecule has 1 aliphatic rings. The Hall–Kier alpha value is -1.07. The number of halogens is 1. The lowest BCUT2D eigenvalue weighted by Gasteiger charge is -2.38. The summed E-state index contributed by atoms with van der Waals surface area (Å²) in [5.41, 5.74) is 0.787. The van der Waals surface area contributed by atoms with Crippen molar-refractivity contribution in [3.8, 4) is 0 Å². The number of hydrogen-bond acceptors (Lipinski definition) is 4. The van der Waals surface area contributed by atoms with Gasteiger partial charge in [-0.05, 0) is 6.92 Å². The number of aliphatic hydroxyl groups is 1. The third-order valence-electron chi connectivity index (χ3n) is 2.68. The summed E-state index contributed by atoms with van der Waals surface area (Å²) in [6, 6.07) is 1.72. The van der Waals surface area contributed by atoms with Crippen LogP contribution >= 0.6 is 11.6 Å². The van der Waals surface area contributed by atoms with Crippen molar-refractivity contribution in [2.75, 3.05) is 13.1 Å². The Bertz CT molecular complexity index is 385. The van der Waals surface area contributed by atoms with E-state index in [0.29, 0.717) is 18.8 Å². The van der Waals surface area contributed by atoms with E-state index in [1.807, 2.05) is 0 Å². The number of carbonyl (C=O) groups excluding carboxylic acids is 1. The molecule has 1 aromatic heterocycles. The number of amides is 1. The molecule has 1 fully saturated rings. The fourth-order valence-corrected chi connectivity index (χ4v) is 1.83. The number of aliphatic hydroxyl groups excluding tert-OH is 1. The summed E-state index contributed by atoms with van der Waals surface area (Å²) in [5, 5.41) is 12.2. The van der Waals surface area contributed by atoms with Crippen LogP contribution in [-0.2, 0) is 11.4 Å². The number of nitrogens with zero attached hydrogens (tertiary/aromatic N) is 2. The number of aromatic nitrogens is 1. The molecule has 0 spiro atoms. The van der Waals surface area contributed by atoms with E-state index in [2.05, 4.69) is 5.16 Å². The molecule has 88 valence electrons. The molecule has 6 heteroatoms. The molecule has 16 heavy (non-hydrogen) atoms. The highest BCUT2D eigenvalue weighted by atomic mass is 35.5. The number of carbonyl (C=O) groups is 1. The van der Waals surface area contributed by atoms with Gasteiger partial charge in [-0.15, -0.1) is 11.6 Å². The van der Waals surface area contributed by atoms with Crippen molar-refractivity contribution in [3.63, 3.8) is 0 Å². The average molecular weight is 245 g/mol. The zero-order valence-corrected chi connectivity index (χ0v) is 9.65. The van der Waals surface area contributed by atoms with Crippen molar-refractivity contribution >= 4 is 17.5 Å². The molecule has 0 aliphatic carbocycles. The minimum atomic E-state index is -0.480. The smallest absolute Gasteiger partial charge is 0.240 e. The summed E-state index contributed by atoms with van der Waals surface area (Å²) < 4.78 is 4.88. The Kier molecular flexibility index (Phi) is 3.16. The van der Waals surface area contributed by atoms with Crippen molar-refractivity contribution in [2.45, 2.75) is 24.8 Å². The largest absolute Gasteiger partial charge is 0.388 e. The highest BCUT2D eigenvalue weighted by Crippen LogP contribution is 2.27. The maximum Gasteiger partial charge on any atom is 0.240 e. The molecule has 0 aromatic carbocycles. The third kappa shape index (κ3) is 2.05. The number of rotatable bonds is 3. The van der Waals surface area contributed by atoms with Gasteiger partial charge >= 0.3 is 0 Å². The lowest BCUT2D eigenvalue weighted by Crippen LogP contribution is -2.50. The second-order valence-corrected chi connectivity index (χ2v) is 4.59. The quantitative estimate of drug-likeness (QED) is 0.796. The standard InChI is InChI=1S/C10H13ClN2O3/c1-6(11)10(15)13-3-7(4-13)9-2-8(5-14)16-12-9/h2,6-7,14H,3-5H2,1H3. The molecule has 1 N–H and O–H groups in total. The Balaban J connectivity index is 1.90. The van der Waals surface area contributed by atoms with Gasteiger partial charge in [0.25, 0.3) is 0 Å². The fraction of sp³-hybridized carbons (Fsp3) is 0.600. The second kappa shape index (κ2) is 4.43. The molecule has 1 amide bonds. The summed E-state index contributed by atoms with van der Waals surface area (Å²) in [6.45, 7) is 2.75. The monoisotopic (exact) mass is 244 g/mol. The van der Waals surface area contributed by atoms with Crippen LogP contribution in [0.3, 0.4) is 0 Å². The molecule has 5 nitrogen and oxygen atoms in total. The molecule has 1 atom stereocenters. The average Bonchev–Trinajstić information content (AvgIpc) is 2.63. The fourth-order valence-electron chi connectivity index (χ4n) is 1.69. The van der Waals surface area contributed by atoms with Gasteiger partial charge in [0.2, 0.25) is 5.91 Å². The van der Waals surface area contributed by atoms with Crippen molar-refractivity contribution in [1.29, 1.82) is 0 Å². The number of alkyl halides is 1. The Labute approximate surface area is 98.0 Å². The van der Waals surface area contributed by atoms with Crippen molar-refractivity contribution < 1.29 is 14.4 Å². The van der Waals surface area contributed by atoms with Gasteiger partial charge in [0.05, 0.1) is 5.69 Å². The molecular weight excluding hydrogens is 232 g/mol. The van der Waals surface area contributed by atoms with Crippen LogP contribution < -0.4 is 0 Å². The topological polar surface area (TPSA) is 66.6 Å². The zero-order chi connectivity index (χ0) is 11.7. The van der Waals surface area contributed by atoms with Gasteiger partial charge < -0.3 is 14.5 Å². The first kappa shape index (κ1) is 11.4. The van der Waals surface area contributed by atoms with Crippen LogP contribution in [0.25, 0.3) is 0 Å². The summed E-state index contributed by atoms with van der Waals surface area (Å²) in [5.74, 6) is 0.595. The van der Waals surface area contributed by atoms with Gasteiger partial charge in [-0.1, -0.05) is 5.16 Å². The van der Waals surface area contributed by atoms with E-state index < -0.39 is 5.38 Å². The highest BCUT2D eigenvalue weighted by molar-refractivity contribution is 6.30. The molecule has 1 unspecified atom stereocenters. The summed E-state index contributed by atoms with van der Waals surface area (Å²) in [4.78, 5) is 13.2. The predicted octanol–water partition coefficient (Wildman–Crippen LogP) is 0.720. The minimum Gasteiger partial charge on any atom is -0.388 e. The van der Waals surface area contributed by atoms with Gasteiger partial charge in [0.15, 0.2) is 5.76 Å². The first-order chi connectivity index (χ1) is 7.61. The predicted molar refractivity (Wildman–Crippen MR) is 57.1 cm³/mol.